The van der Waals surface area contributed by atoms with Crippen molar-refractivity contribution in [2.45, 2.75) is 13.8 Å². The normalized spacial score (nSPS) is 10.6. The zero-order valence-electron chi connectivity index (χ0n) is 9.42. The highest BCUT2D eigenvalue weighted by atomic mass is 16.5. The lowest BCUT2D eigenvalue weighted by molar-refractivity contribution is 0.259. The van der Waals surface area contributed by atoms with E-state index in [4.69, 9.17) is 4.74 Å². The van der Waals surface area contributed by atoms with Gasteiger partial charge in [0.1, 0.15) is 12.4 Å². The quantitative estimate of drug-likeness (QED) is 0.724. The first-order valence-electron chi connectivity index (χ1n) is 4.86. The zero-order valence-corrected chi connectivity index (χ0v) is 9.42. The van der Waals surface area contributed by atoms with Crippen molar-refractivity contribution in [3.8, 4) is 5.75 Å². The second kappa shape index (κ2) is 5.01. The largest absolute Gasteiger partial charge is 0.492 e. The Kier molecular flexibility index (Phi) is 3.96. The van der Waals surface area contributed by atoms with Crippen molar-refractivity contribution in [2.24, 2.45) is 0 Å². The van der Waals surface area contributed by atoms with E-state index < -0.39 is 0 Å². The number of benzene rings is 1. The summed E-state index contributed by atoms with van der Waals surface area (Å²) < 4.78 is 5.72. The van der Waals surface area contributed by atoms with E-state index >= 15 is 0 Å². The van der Waals surface area contributed by atoms with Crippen LogP contribution in [0.3, 0.4) is 0 Å². The lowest BCUT2D eigenvalue weighted by atomic mass is 10.1. The van der Waals surface area contributed by atoms with E-state index in [1.807, 2.05) is 26.2 Å². The van der Waals surface area contributed by atoms with E-state index in [9.17, 15) is 0 Å². The van der Waals surface area contributed by atoms with Gasteiger partial charge in [-0.1, -0.05) is 0 Å². The summed E-state index contributed by atoms with van der Waals surface area (Å²) in [5.74, 6) is 1.01. The van der Waals surface area contributed by atoms with Crippen molar-refractivity contribution in [1.82, 2.24) is 4.90 Å². The maximum atomic E-state index is 5.72. The van der Waals surface area contributed by atoms with Crippen LogP contribution in [-0.2, 0) is 0 Å². The molecule has 0 unspecified atom stereocenters. The number of likely N-dealkylation sites (N-methyl/N-ethyl adjacent to an activating group) is 1. The van der Waals surface area contributed by atoms with Gasteiger partial charge in [-0.3, -0.25) is 0 Å². The Bertz CT molecular complexity index is 274. The highest BCUT2D eigenvalue weighted by Crippen LogP contribution is 2.21. The Morgan fingerprint density at radius 1 is 1.21 bits per heavy atom. The molecular formula is C12H18NO. The van der Waals surface area contributed by atoms with Crippen LogP contribution in [0.5, 0.6) is 5.75 Å². The van der Waals surface area contributed by atoms with Gasteiger partial charge >= 0.3 is 0 Å². The van der Waals surface area contributed by atoms with Gasteiger partial charge in [-0.15, -0.1) is 0 Å². The van der Waals surface area contributed by atoms with Crippen LogP contribution in [0.1, 0.15) is 11.1 Å². The molecule has 0 bridgehead atoms. The van der Waals surface area contributed by atoms with E-state index in [0.717, 1.165) is 30.0 Å². The van der Waals surface area contributed by atoms with Gasteiger partial charge in [-0.2, -0.15) is 0 Å². The maximum Gasteiger partial charge on any atom is 0.125 e. The molecule has 14 heavy (non-hydrogen) atoms. The first-order chi connectivity index (χ1) is 6.61. The predicted molar refractivity (Wildman–Crippen MR) is 58.8 cm³/mol. The predicted octanol–water partition coefficient (Wildman–Crippen LogP) is 2.04. The molecule has 1 aromatic carbocycles. The van der Waals surface area contributed by atoms with Crippen molar-refractivity contribution in [3.63, 3.8) is 0 Å². The monoisotopic (exact) mass is 192 g/mol. The van der Waals surface area contributed by atoms with Gasteiger partial charge in [0.05, 0.1) is 0 Å². The van der Waals surface area contributed by atoms with Gasteiger partial charge in [0.2, 0.25) is 0 Å². The Morgan fingerprint density at radius 2 is 1.79 bits per heavy atom. The lowest BCUT2D eigenvalue weighted by Crippen LogP contribution is -2.19. The molecule has 77 valence electrons. The third kappa shape index (κ3) is 3.04. The Labute approximate surface area is 86.5 Å². The van der Waals surface area contributed by atoms with E-state index in [1.54, 1.807) is 0 Å². The molecule has 0 saturated carbocycles. The van der Waals surface area contributed by atoms with Crippen LogP contribution in [0.4, 0.5) is 0 Å². The average Bonchev–Trinajstić information content (AvgIpc) is 2.09. The topological polar surface area (TPSA) is 12.5 Å². The summed E-state index contributed by atoms with van der Waals surface area (Å²) >= 11 is 0. The van der Waals surface area contributed by atoms with Crippen LogP contribution in [0.25, 0.3) is 0 Å². The summed E-state index contributed by atoms with van der Waals surface area (Å²) in [6.07, 6.45) is 0. The summed E-state index contributed by atoms with van der Waals surface area (Å²) in [5, 5.41) is 0. The zero-order chi connectivity index (χ0) is 10.6. The van der Waals surface area contributed by atoms with E-state index in [-0.39, 0.29) is 0 Å². The van der Waals surface area contributed by atoms with Crippen LogP contribution >= 0.6 is 0 Å². The lowest BCUT2D eigenvalue weighted by Gasteiger charge is -2.14. The molecule has 2 nitrogen and oxygen atoms in total. The third-order valence-corrected chi connectivity index (χ3v) is 2.10. The van der Waals surface area contributed by atoms with Gasteiger partial charge in [0.25, 0.3) is 0 Å². The average molecular weight is 192 g/mol. The van der Waals surface area contributed by atoms with Crippen molar-refractivity contribution < 1.29 is 4.74 Å². The fourth-order valence-electron chi connectivity index (χ4n) is 1.29. The van der Waals surface area contributed by atoms with Gasteiger partial charge in [-0.25, -0.2) is 0 Å². The second-order valence-corrected chi connectivity index (χ2v) is 3.80. The molecule has 0 spiro atoms. The van der Waals surface area contributed by atoms with Crippen LogP contribution in [0.2, 0.25) is 0 Å². The minimum Gasteiger partial charge on any atom is -0.492 e. The Balaban J connectivity index is 2.58. The van der Waals surface area contributed by atoms with Gasteiger partial charge < -0.3 is 9.64 Å². The number of hydrogen-bond acceptors (Lipinski definition) is 2. The van der Waals surface area contributed by atoms with Gasteiger partial charge in [-0.05, 0) is 57.3 Å². The van der Waals surface area contributed by atoms with Crippen molar-refractivity contribution in [3.05, 3.63) is 29.3 Å². The molecule has 0 aliphatic carbocycles. The van der Waals surface area contributed by atoms with E-state index in [1.165, 1.54) is 0 Å². The third-order valence-electron chi connectivity index (χ3n) is 2.10. The molecule has 0 heterocycles. The molecule has 0 aliphatic rings. The summed E-state index contributed by atoms with van der Waals surface area (Å²) in [6, 6.07) is 6.99. The highest BCUT2D eigenvalue weighted by Gasteiger charge is 2.02. The highest BCUT2D eigenvalue weighted by molar-refractivity contribution is 5.39. The van der Waals surface area contributed by atoms with Crippen LogP contribution in [0, 0.1) is 19.9 Å². The van der Waals surface area contributed by atoms with Crippen molar-refractivity contribution in [1.29, 1.82) is 0 Å². The first kappa shape index (κ1) is 11.1. The second-order valence-electron chi connectivity index (χ2n) is 3.80. The van der Waals surface area contributed by atoms with E-state index in [0.29, 0.717) is 0 Å². The van der Waals surface area contributed by atoms with Crippen LogP contribution in [0.15, 0.2) is 12.1 Å². The minimum absolute atomic E-state index is 0.735. The molecule has 0 atom stereocenters. The molecule has 0 fully saturated rings. The molecule has 0 amide bonds. The summed E-state index contributed by atoms with van der Waals surface area (Å²) in [6.45, 7) is 5.78. The van der Waals surface area contributed by atoms with E-state index in [2.05, 4.69) is 24.8 Å². The Morgan fingerprint density at radius 3 is 2.29 bits per heavy atom. The fourth-order valence-corrected chi connectivity index (χ4v) is 1.29. The molecule has 0 N–H and O–H groups in total. The molecule has 0 aromatic heterocycles. The standard InChI is InChI=1S/C12H18NO/c1-10-6-5-7-11(2)12(10)14-9-8-13(3)4/h6-7H,8-9H2,1-4H3. The molecule has 1 rings (SSSR count). The summed E-state index contributed by atoms with van der Waals surface area (Å²) in [4.78, 5) is 2.11. The number of ether oxygens (including phenoxy) is 1. The van der Waals surface area contributed by atoms with Crippen LogP contribution in [-0.4, -0.2) is 32.1 Å². The molecule has 0 saturated heterocycles. The number of nitrogens with zero attached hydrogens (tertiary/aromatic N) is 1. The number of aryl methyl sites for hydroxylation is 2. The van der Waals surface area contributed by atoms with Crippen LogP contribution < -0.4 is 4.74 Å². The fraction of sp³-hybridized carbons (Fsp3) is 0.500. The summed E-state index contributed by atoms with van der Waals surface area (Å²) in [7, 11) is 4.09. The Hall–Kier alpha value is -1.02. The molecule has 1 radical (unpaired) electrons. The molecular weight excluding hydrogens is 174 g/mol. The number of hydrogen-bond donors (Lipinski definition) is 0. The molecule has 0 aliphatic heterocycles. The van der Waals surface area contributed by atoms with Crippen molar-refractivity contribution >= 4 is 0 Å². The minimum atomic E-state index is 0.735. The number of rotatable bonds is 4. The summed E-state index contributed by atoms with van der Waals surface area (Å²) in [5.41, 5.74) is 2.31. The maximum absolute atomic E-state index is 5.72. The molecule has 1 aromatic rings. The first-order valence-corrected chi connectivity index (χ1v) is 4.86. The SMILES string of the molecule is Cc1c[c]cc(C)c1OCCN(C)C. The van der Waals surface area contributed by atoms with Crippen molar-refractivity contribution in [2.75, 3.05) is 27.2 Å². The van der Waals surface area contributed by atoms with Gasteiger partial charge in [0, 0.05) is 6.54 Å². The van der Waals surface area contributed by atoms with Gasteiger partial charge in [0.15, 0.2) is 0 Å². The smallest absolute Gasteiger partial charge is 0.125 e. The molecule has 2 heteroatoms.